The molecular formula is C28H37NO5Si. The number of rotatable bonds is 9. The van der Waals surface area contributed by atoms with Crippen LogP contribution in [-0.2, 0) is 20.6 Å². The number of fused-ring (bicyclic) bond motifs is 1. The lowest BCUT2D eigenvalue weighted by molar-refractivity contribution is -0.141. The second kappa shape index (κ2) is 10.5. The number of hydrogen-bond donors (Lipinski definition) is 0. The molecule has 2 aromatic rings. The molecule has 188 valence electrons. The van der Waals surface area contributed by atoms with Crippen molar-refractivity contribution in [1.29, 1.82) is 0 Å². The van der Waals surface area contributed by atoms with E-state index in [1.165, 1.54) is 12.0 Å². The summed E-state index contributed by atoms with van der Waals surface area (Å²) in [5, 5.41) is 0. The van der Waals surface area contributed by atoms with Crippen LogP contribution in [0.3, 0.4) is 0 Å². The average Bonchev–Trinajstić information content (AvgIpc) is 3.07. The number of amides is 2. The number of methoxy groups -OCH3 is 1. The number of esters is 1. The van der Waals surface area contributed by atoms with Crippen LogP contribution in [0.15, 0.2) is 42.5 Å². The Morgan fingerprint density at radius 3 is 1.83 bits per heavy atom. The summed E-state index contributed by atoms with van der Waals surface area (Å²) in [6.45, 7) is 15.4. The molecule has 0 fully saturated rings. The van der Waals surface area contributed by atoms with E-state index in [2.05, 4.69) is 41.5 Å². The lowest BCUT2D eigenvalue weighted by atomic mass is 9.98. The molecule has 1 atom stereocenters. The number of benzene rings is 2. The van der Waals surface area contributed by atoms with Crippen LogP contribution < -0.4 is 4.90 Å². The highest BCUT2D eigenvalue weighted by molar-refractivity contribution is 6.77. The summed E-state index contributed by atoms with van der Waals surface area (Å²) in [7, 11) is -0.845. The molecule has 2 aromatic carbocycles. The maximum Gasteiger partial charge on any atom is 0.312 e. The molecule has 0 aliphatic carbocycles. The SMILES string of the molecule is COC(=O)C(C)c1ccc(CO[Si](C(C)C)(C(C)C)C(C)C)c(N2C(=O)c3ccccc3C2=O)c1. The van der Waals surface area contributed by atoms with E-state index in [0.717, 1.165) is 5.56 Å². The number of carbonyl (C=O) groups excluding carboxylic acids is 3. The second-order valence-corrected chi connectivity index (χ2v) is 15.7. The monoisotopic (exact) mass is 495 g/mol. The molecule has 0 saturated heterocycles. The predicted molar refractivity (Wildman–Crippen MR) is 140 cm³/mol. The zero-order valence-corrected chi connectivity index (χ0v) is 23.0. The average molecular weight is 496 g/mol. The molecule has 0 spiro atoms. The summed E-state index contributed by atoms with van der Waals surface area (Å²) in [6, 6.07) is 12.3. The van der Waals surface area contributed by atoms with Gasteiger partial charge in [-0.05, 0) is 47.3 Å². The van der Waals surface area contributed by atoms with Gasteiger partial charge in [0, 0.05) is 5.56 Å². The minimum atomic E-state index is -2.19. The zero-order valence-electron chi connectivity index (χ0n) is 22.0. The number of anilines is 1. The van der Waals surface area contributed by atoms with E-state index in [0.29, 0.717) is 39.0 Å². The van der Waals surface area contributed by atoms with Crippen LogP contribution in [0.5, 0.6) is 0 Å². The van der Waals surface area contributed by atoms with Gasteiger partial charge < -0.3 is 9.16 Å². The van der Waals surface area contributed by atoms with Crippen LogP contribution in [0.25, 0.3) is 0 Å². The van der Waals surface area contributed by atoms with E-state index in [9.17, 15) is 14.4 Å². The molecule has 3 rings (SSSR count). The van der Waals surface area contributed by atoms with Gasteiger partial charge in [0.2, 0.25) is 8.32 Å². The third kappa shape index (κ3) is 4.71. The first-order valence-electron chi connectivity index (χ1n) is 12.3. The molecule has 0 N–H and O–H groups in total. The molecule has 0 bridgehead atoms. The van der Waals surface area contributed by atoms with Crippen LogP contribution in [0.1, 0.15) is 86.2 Å². The Hall–Kier alpha value is -2.77. The molecule has 0 saturated carbocycles. The highest BCUT2D eigenvalue weighted by Gasteiger charge is 2.45. The van der Waals surface area contributed by atoms with Gasteiger partial charge in [0.1, 0.15) is 0 Å². The van der Waals surface area contributed by atoms with E-state index < -0.39 is 14.2 Å². The number of imide groups is 1. The summed E-state index contributed by atoms with van der Waals surface area (Å²) in [5.74, 6) is -1.66. The van der Waals surface area contributed by atoms with Gasteiger partial charge in [0.05, 0.1) is 36.4 Å². The number of ether oxygens (including phenoxy) is 1. The topological polar surface area (TPSA) is 72.9 Å². The van der Waals surface area contributed by atoms with E-state index >= 15 is 0 Å². The molecule has 2 amide bonds. The van der Waals surface area contributed by atoms with Crippen molar-refractivity contribution in [2.75, 3.05) is 12.0 Å². The minimum absolute atomic E-state index is 0.288. The van der Waals surface area contributed by atoms with Crippen molar-refractivity contribution in [3.63, 3.8) is 0 Å². The molecule has 1 aliphatic heterocycles. The summed E-state index contributed by atoms with van der Waals surface area (Å²) in [4.78, 5) is 40.1. The Bertz CT molecular complexity index is 1070. The van der Waals surface area contributed by atoms with Gasteiger partial charge in [0.15, 0.2) is 0 Å². The Morgan fingerprint density at radius 1 is 0.857 bits per heavy atom. The number of carbonyl (C=O) groups is 3. The summed E-state index contributed by atoms with van der Waals surface area (Å²) >= 11 is 0. The summed E-state index contributed by atoms with van der Waals surface area (Å²) in [5.41, 5.74) is 3.82. The van der Waals surface area contributed by atoms with Crippen molar-refractivity contribution in [2.24, 2.45) is 0 Å². The fourth-order valence-electron chi connectivity index (χ4n) is 5.60. The lowest BCUT2D eigenvalue weighted by Gasteiger charge is -2.42. The molecule has 7 heteroatoms. The predicted octanol–water partition coefficient (Wildman–Crippen LogP) is 6.46. The Kier molecular flexibility index (Phi) is 8.02. The van der Waals surface area contributed by atoms with Gasteiger partial charge in [-0.25, -0.2) is 4.90 Å². The Balaban J connectivity index is 2.10. The van der Waals surface area contributed by atoms with Gasteiger partial charge in [-0.3, -0.25) is 14.4 Å². The molecule has 1 heterocycles. The Labute approximate surface area is 209 Å². The van der Waals surface area contributed by atoms with Crippen LogP contribution in [0, 0.1) is 0 Å². The van der Waals surface area contributed by atoms with E-state index in [4.69, 9.17) is 9.16 Å². The van der Waals surface area contributed by atoms with Crippen LogP contribution in [-0.4, -0.2) is 33.2 Å². The minimum Gasteiger partial charge on any atom is -0.469 e. The third-order valence-corrected chi connectivity index (χ3v) is 13.4. The second-order valence-electron chi connectivity index (χ2n) is 10.2. The van der Waals surface area contributed by atoms with Crippen LogP contribution in [0.2, 0.25) is 16.6 Å². The van der Waals surface area contributed by atoms with Gasteiger partial charge in [-0.2, -0.15) is 0 Å². The maximum absolute atomic E-state index is 13.3. The van der Waals surface area contributed by atoms with Gasteiger partial charge in [-0.15, -0.1) is 0 Å². The largest absolute Gasteiger partial charge is 0.469 e. The normalized spacial score (nSPS) is 14.8. The van der Waals surface area contributed by atoms with Gasteiger partial charge in [-0.1, -0.05) is 65.8 Å². The third-order valence-electron chi connectivity index (χ3n) is 7.38. The van der Waals surface area contributed by atoms with Crippen molar-refractivity contribution in [3.8, 4) is 0 Å². The first-order chi connectivity index (χ1) is 16.5. The van der Waals surface area contributed by atoms with E-state index in [-0.39, 0.29) is 24.4 Å². The quantitative estimate of drug-likeness (QED) is 0.227. The van der Waals surface area contributed by atoms with Crippen molar-refractivity contribution in [2.45, 2.75) is 77.6 Å². The van der Waals surface area contributed by atoms with Gasteiger partial charge >= 0.3 is 5.97 Å². The Morgan fingerprint density at radius 2 is 1.37 bits per heavy atom. The standard InChI is InChI=1S/C28H37NO5Si/c1-17(2)35(18(3)4,19(5)6)34-16-22-14-13-21(20(7)28(32)33-8)15-25(22)29-26(30)23-11-9-10-12-24(23)27(29)31/h9-15,17-20H,16H2,1-8H3. The first kappa shape index (κ1) is 26.8. The molecular weight excluding hydrogens is 458 g/mol. The molecule has 35 heavy (non-hydrogen) atoms. The lowest BCUT2D eigenvalue weighted by Crippen LogP contribution is -2.47. The van der Waals surface area contributed by atoms with Crippen molar-refractivity contribution >= 4 is 31.8 Å². The fourth-order valence-corrected chi connectivity index (χ4v) is 11.0. The first-order valence-corrected chi connectivity index (χ1v) is 14.4. The van der Waals surface area contributed by atoms with Gasteiger partial charge in [0.25, 0.3) is 11.8 Å². The molecule has 0 radical (unpaired) electrons. The summed E-state index contributed by atoms with van der Waals surface area (Å²) < 4.78 is 11.7. The van der Waals surface area contributed by atoms with Crippen molar-refractivity contribution in [3.05, 3.63) is 64.7 Å². The highest BCUT2D eigenvalue weighted by atomic mass is 28.4. The van der Waals surface area contributed by atoms with Crippen molar-refractivity contribution in [1.82, 2.24) is 0 Å². The van der Waals surface area contributed by atoms with Crippen LogP contribution in [0.4, 0.5) is 5.69 Å². The van der Waals surface area contributed by atoms with Crippen LogP contribution >= 0.6 is 0 Å². The molecule has 1 unspecified atom stereocenters. The maximum atomic E-state index is 13.3. The molecule has 1 aliphatic rings. The van der Waals surface area contributed by atoms with E-state index in [1.807, 2.05) is 12.1 Å². The smallest absolute Gasteiger partial charge is 0.312 e. The molecule has 0 aromatic heterocycles. The molecule has 6 nitrogen and oxygen atoms in total. The fraction of sp³-hybridized carbons (Fsp3) is 0.464. The zero-order chi connectivity index (χ0) is 26.1. The number of nitrogens with zero attached hydrogens (tertiary/aromatic N) is 1. The number of hydrogen-bond acceptors (Lipinski definition) is 5. The highest BCUT2D eigenvalue weighted by Crippen LogP contribution is 2.43. The van der Waals surface area contributed by atoms with E-state index in [1.54, 1.807) is 37.3 Å². The summed E-state index contributed by atoms with van der Waals surface area (Å²) in [6.07, 6.45) is 0. The van der Waals surface area contributed by atoms with Crippen molar-refractivity contribution < 1.29 is 23.5 Å².